The minimum absolute atomic E-state index is 0.000532. The molecular formula is C11H11Br2NO. The standard InChI is InChI=1S/C11H11Br2NO/c12-7-11(5-6-11)14-10(15)8-3-1-2-4-9(8)13/h1-4H,5-7H2,(H,14,15). The normalized spacial score (nSPS) is 17.2. The number of halogens is 2. The fourth-order valence-corrected chi connectivity index (χ4v) is 2.56. The van der Waals surface area contributed by atoms with Crippen molar-refractivity contribution in [1.82, 2.24) is 5.32 Å². The van der Waals surface area contributed by atoms with E-state index in [2.05, 4.69) is 37.2 Å². The Kier molecular flexibility index (Phi) is 3.16. The van der Waals surface area contributed by atoms with Crippen LogP contribution in [0.4, 0.5) is 0 Å². The molecule has 1 aliphatic rings. The fourth-order valence-electron chi connectivity index (χ4n) is 1.40. The number of nitrogens with one attached hydrogen (secondary N) is 1. The SMILES string of the molecule is O=C(NC1(CBr)CC1)c1ccccc1Br. The number of rotatable bonds is 3. The molecule has 1 aromatic carbocycles. The van der Waals surface area contributed by atoms with Crippen LogP contribution in [0.25, 0.3) is 0 Å². The zero-order chi connectivity index (χ0) is 10.9. The van der Waals surface area contributed by atoms with Crippen LogP contribution in [0.2, 0.25) is 0 Å². The van der Waals surface area contributed by atoms with Gasteiger partial charge in [-0.25, -0.2) is 0 Å². The largest absolute Gasteiger partial charge is 0.346 e. The molecule has 2 rings (SSSR count). The summed E-state index contributed by atoms with van der Waals surface area (Å²) in [5.74, 6) is -0.000532. The summed E-state index contributed by atoms with van der Waals surface area (Å²) in [6, 6.07) is 7.47. The summed E-state index contributed by atoms with van der Waals surface area (Å²) in [6.45, 7) is 0. The van der Waals surface area contributed by atoms with Crippen molar-refractivity contribution in [3.05, 3.63) is 34.3 Å². The molecule has 0 unspecified atom stereocenters. The molecule has 4 heteroatoms. The summed E-state index contributed by atoms with van der Waals surface area (Å²) in [5, 5.41) is 3.89. The van der Waals surface area contributed by atoms with Gasteiger partial charge >= 0.3 is 0 Å². The van der Waals surface area contributed by atoms with Crippen molar-refractivity contribution < 1.29 is 4.79 Å². The summed E-state index contributed by atoms with van der Waals surface area (Å²) in [7, 11) is 0. The molecule has 15 heavy (non-hydrogen) atoms. The smallest absolute Gasteiger partial charge is 0.252 e. The van der Waals surface area contributed by atoms with E-state index in [0.717, 1.165) is 22.6 Å². The predicted octanol–water partition coefficient (Wildman–Crippen LogP) is 3.11. The highest BCUT2D eigenvalue weighted by Gasteiger charge is 2.43. The number of hydrogen-bond donors (Lipinski definition) is 1. The van der Waals surface area contributed by atoms with Crippen LogP contribution in [0, 0.1) is 0 Å². The predicted molar refractivity (Wildman–Crippen MR) is 67.4 cm³/mol. The number of benzene rings is 1. The molecule has 0 radical (unpaired) electrons. The van der Waals surface area contributed by atoms with Crippen molar-refractivity contribution >= 4 is 37.8 Å². The zero-order valence-corrected chi connectivity index (χ0v) is 11.3. The first kappa shape index (κ1) is 11.1. The average molecular weight is 333 g/mol. The number of alkyl halides is 1. The highest BCUT2D eigenvalue weighted by Crippen LogP contribution is 2.37. The minimum atomic E-state index is -0.000532. The van der Waals surface area contributed by atoms with Gasteiger partial charge in [-0.2, -0.15) is 0 Å². The Hall–Kier alpha value is -0.350. The van der Waals surface area contributed by atoms with Crippen LogP contribution in [0.15, 0.2) is 28.7 Å². The summed E-state index contributed by atoms with van der Waals surface area (Å²) in [5.41, 5.74) is 0.705. The van der Waals surface area contributed by atoms with Crippen LogP contribution in [-0.2, 0) is 0 Å². The van der Waals surface area contributed by atoms with Crippen molar-refractivity contribution in [1.29, 1.82) is 0 Å². The molecule has 0 aromatic heterocycles. The van der Waals surface area contributed by atoms with Crippen molar-refractivity contribution in [3.8, 4) is 0 Å². The molecule has 1 N–H and O–H groups in total. The Morgan fingerprint density at radius 3 is 2.60 bits per heavy atom. The molecule has 1 aromatic rings. The molecule has 1 aliphatic carbocycles. The van der Waals surface area contributed by atoms with Crippen LogP contribution in [0.1, 0.15) is 23.2 Å². The maximum atomic E-state index is 11.9. The average Bonchev–Trinajstić information content (AvgIpc) is 2.99. The number of hydrogen-bond acceptors (Lipinski definition) is 1. The van der Waals surface area contributed by atoms with E-state index in [1.165, 1.54) is 0 Å². The number of carbonyl (C=O) groups is 1. The summed E-state index contributed by atoms with van der Waals surface area (Å²) < 4.78 is 0.841. The van der Waals surface area contributed by atoms with Crippen molar-refractivity contribution in [3.63, 3.8) is 0 Å². The first-order valence-corrected chi connectivity index (χ1v) is 6.71. The minimum Gasteiger partial charge on any atom is -0.346 e. The van der Waals surface area contributed by atoms with Gasteiger partial charge < -0.3 is 5.32 Å². The monoisotopic (exact) mass is 331 g/mol. The van der Waals surface area contributed by atoms with Crippen molar-refractivity contribution in [2.24, 2.45) is 0 Å². The molecule has 0 heterocycles. The van der Waals surface area contributed by atoms with Crippen LogP contribution < -0.4 is 5.32 Å². The van der Waals surface area contributed by atoms with E-state index in [4.69, 9.17) is 0 Å². The van der Waals surface area contributed by atoms with E-state index in [-0.39, 0.29) is 11.4 Å². The van der Waals surface area contributed by atoms with Crippen LogP contribution in [0.3, 0.4) is 0 Å². The van der Waals surface area contributed by atoms with Gasteiger partial charge in [0.15, 0.2) is 0 Å². The van der Waals surface area contributed by atoms with Gasteiger partial charge in [0.05, 0.1) is 11.1 Å². The Morgan fingerprint density at radius 1 is 1.40 bits per heavy atom. The third kappa shape index (κ3) is 2.42. The van der Waals surface area contributed by atoms with Gasteiger partial charge in [-0.15, -0.1) is 0 Å². The fraction of sp³-hybridized carbons (Fsp3) is 0.364. The molecule has 0 spiro atoms. The van der Waals surface area contributed by atoms with Crippen LogP contribution >= 0.6 is 31.9 Å². The molecule has 0 saturated heterocycles. The van der Waals surface area contributed by atoms with E-state index in [1.807, 2.05) is 24.3 Å². The third-order valence-corrected chi connectivity index (χ3v) is 4.37. The Labute approximate surface area is 106 Å². The van der Waals surface area contributed by atoms with Gasteiger partial charge in [-0.05, 0) is 40.9 Å². The van der Waals surface area contributed by atoms with Gasteiger partial charge in [0.1, 0.15) is 0 Å². The molecule has 2 nitrogen and oxygen atoms in total. The van der Waals surface area contributed by atoms with Crippen LogP contribution in [0.5, 0.6) is 0 Å². The second kappa shape index (κ2) is 4.26. The van der Waals surface area contributed by atoms with E-state index < -0.39 is 0 Å². The van der Waals surface area contributed by atoms with Crippen LogP contribution in [-0.4, -0.2) is 16.8 Å². The van der Waals surface area contributed by atoms with Crippen molar-refractivity contribution in [2.75, 3.05) is 5.33 Å². The van der Waals surface area contributed by atoms with E-state index in [9.17, 15) is 4.79 Å². The molecule has 0 atom stereocenters. The van der Waals surface area contributed by atoms with E-state index in [0.29, 0.717) is 5.56 Å². The molecule has 1 fully saturated rings. The lowest BCUT2D eigenvalue weighted by molar-refractivity contribution is 0.0936. The zero-order valence-electron chi connectivity index (χ0n) is 8.09. The molecule has 80 valence electrons. The van der Waals surface area contributed by atoms with Gasteiger partial charge in [0, 0.05) is 9.80 Å². The lowest BCUT2D eigenvalue weighted by Gasteiger charge is -2.14. The Balaban J connectivity index is 2.12. The van der Waals surface area contributed by atoms with E-state index >= 15 is 0 Å². The summed E-state index contributed by atoms with van der Waals surface area (Å²) in [4.78, 5) is 11.9. The Morgan fingerprint density at radius 2 is 2.07 bits per heavy atom. The maximum absolute atomic E-state index is 11.9. The molecular weight excluding hydrogens is 322 g/mol. The quantitative estimate of drug-likeness (QED) is 0.847. The van der Waals surface area contributed by atoms with Gasteiger partial charge in [0.2, 0.25) is 0 Å². The lowest BCUT2D eigenvalue weighted by Crippen LogP contribution is -2.38. The first-order chi connectivity index (χ1) is 7.17. The molecule has 0 bridgehead atoms. The first-order valence-electron chi connectivity index (χ1n) is 4.80. The second-order valence-electron chi connectivity index (χ2n) is 3.85. The summed E-state index contributed by atoms with van der Waals surface area (Å²) >= 11 is 6.80. The highest BCUT2D eigenvalue weighted by molar-refractivity contribution is 9.10. The van der Waals surface area contributed by atoms with Crippen molar-refractivity contribution in [2.45, 2.75) is 18.4 Å². The number of amides is 1. The second-order valence-corrected chi connectivity index (χ2v) is 5.26. The third-order valence-electron chi connectivity index (χ3n) is 2.61. The Bertz CT molecular complexity index is 388. The molecule has 1 amide bonds. The number of carbonyl (C=O) groups excluding carboxylic acids is 1. The molecule has 1 saturated carbocycles. The topological polar surface area (TPSA) is 29.1 Å². The van der Waals surface area contributed by atoms with Gasteiger partial charge in [0.25, 0.3) is 5.91 Å². The van der Waals surface area contributed by atoms with E-state index in [1.54, 1.807) is 0 Å². The summed E-state index contributed by atoms with van der Waals surface area (Å²) in [6.07, 6.45) is 2.13. The highest BCUT2D eigenvalue weighted by atomic mass is 79.9. The van der Waals surface area contributed by atoms with Gasteiger partial charge in [-0.3, -0.25) is 4.79 Å². The molecule has 0 aliphatic heterocycles. The maximum Gasteiger partial charge on any atom is 0.252 e. The lowest BCUT2D eigenvalue weighted by atomic mass is 10.2. The van der Waals surface area contributed by atoms with Gasteiger partial charge in [-0.1, -0.05) is 28.1 Å².